The van der Waals surface area contributed by atoms with Gasteiger partial charge in [0.15, 0.2) is 0 Å². The van der Waals surface area contributed by atoms with E-state index in [9.17, 15) is 14.0 Å². The van der Waals surface area contributed by atoms with Gasteiger partial charge in [0.25, 0.3) is 0 Å². The number of rotatable bonds is 5. The molecule has 2 amide bonds. The van der Waals surface area contributed by atoms with Crippen molar-refractivity contribution >= 4 is 17.5 Å². The molecule has 0 radical (unpaired) electrons. The molecule has 2 fully saturated rings. The summed E-state index contributed by atoms with van der Waals surface area (Å²) in [6.07, 6.45) is 1.24. The van der Waals surface area contributed by atoms with Gasteiger partial charge in [-0.25, -0.2) is 4.39 Å². The average molecular weight is 391 g/mol. The molecule has 0 bridgehead atoms. The normalized spacial score (nSPS) is 24.2. The van der Waals surface area contributed by atoms with Crippen LogP contribution in [0.3, 0.4) is 0 Å². The molecule has 154 valence electrons. The first-order valence-electron chi connectivity index (χ1n) is 10.2. The van der Waals surface area contributed by atoms with E-state index in [1.807, 2.05) is 9.80 Å². The van der Waals surface area contributed by atoms with E-state index in [0.29, 0.717) is 50.2 Å². The summed E-state index contributed by atoms with van der Waals surface area (Å²) in [7, 11) is 0. The van der Waals surface area contributed by atoms with Gasteiger partial charge < -0.3 is 10.2 Å². The predicted molar refractivity (Wildman–Crippen MR) is 107 cm³/mol. The van der Waals surface area contributed by atoms with Gasteiger partial charge >= 0.3 is 0 Å². The van der Waals surface area contributed by atoms with Crippen molar-refractivity contribution in [3.63, 3.8) is 0 Å². The summed E-state index contributed by atoms with van der Waals surface area (Å²) in [5.74, 6) is 0.934. The van der Waals surface area contributed by atoms with Crippen LogP contribution in [-0.2, 0) is 9.59 Å². The Balaban J connectivity index is 1.40. The fourth-order valence-corrected chi connectivity index (χ4v) is 4.34. The van der Waals surface area contributed by atoms with Crippen molar-refractivity contribution in [1.29, 1.82) is 0 Å². The highest BCUT2D eigenvalue weighted by Gasteiger charge is 2.27. The number of carbonyl (C=O) groups is 2. The fourth-order valence-electron chi connectivity index (χ4n) is 4.34. The van der Waals surface area contributed by atoms with E-state index in [2.05, 4.69) is 24.1 Å². The maximum absolute atomic E-state index is 13.2. The number of halogens is 1. The van der Waals surface area contributed by atoms with Crippen LogP contribution in [0, 0.1) is 17.7 Å². The van der Waals surface area contributed by atoms with Crippen LogP contribution in [0.1, 0.15) is 20.3 Å². The summed E-state index contributed by atoms with van der Waals surface area (Å²) >= 11 is 0. The summed E-state index contributed by atoms with van der Waals surface area (Å²) in [6.45, 7) is 9.88. The summed E-state index contributed by atoms with van der Waals surface area (Å²) in [5.41, 5.74) is 0.462. The molecule has 1 aromatic carbocycles. The van der Waals surface area contributed by atoms with E-state index in [1.54, 1.807) is 12.1 Å². The lowest BCUT2D eigenvalue weighted by atomic mass is 9.92. The second-order valence-corrected chi connectivity index (χ2v) is 8.36. The summed E-state index contributed by atoms with van der Waals surface area (Å²) in [6, 6.07) is 5.88. The molecule has 0 saturated carbocycles. The topological polar surface area (TPSA) is 55.9 Å². The Bertz CT molecular complexity index is 681. The van der Waals surface area contributed by atoms with Gasteiger partial charge in [-0.2, -0.15) is 0 Å². The molecule has 2 heterocycles. The van der Waals surface area contributed by atoms with Crippen molar-refractivity contribution < 1.29 is 14.0 Å². The summed E-state index contributed by atoms with van der Waals surface area (Å²) in [4.78, 5) is 31.0. The van der Waals surface area contributed by atoms with Gasteiger partial charge in [-0.05, 0) is 36.5 Å². The van der Waals surface area contributed by atoms with Gasteiger partial charge in [-0.1, -0.05) is 19.9 Å². The third-order valence-electron chi connectivity index (χ3n) is 5.50. The third-order valence-corrected chi connectivity index (χ3v) is 5.50. The van der Waals surface area contributed by atoms with Crippen LogP contribution in [0.5, 0.6) is 0 Å². The molecule has 0 unspecified atom stereocenters. The van der Waals surface area contributed by atoms with Gasteiger partial charge in [-0.15, -0.1) is 0 Å². The highest BCUT2D eigenvalue weighted by atomic mass is 19.1. The standard InChI is InChI=1S/C21H31FN4O2/c1-16-10-17(2)13-25(12-16)15-21(28)26-8-6-24(7-9-26)14-20(27)23-19-5-3-4-18(22)11-19/h3-5,11,16-17H,6-10,12-15H2,1-2H3,(H,23,27)/t16-,17+. The lowest BCUT2D eigenvalue weighted by molar-refractivity contribution is -0.135. The highest BCUT2D eigenvalue weighted by Crippen LogP contribution is 2.20. The molecular formula is C21H31FN4O2. The molecule has 2 atom stereocenters. The molecular weight excluding hydrogens is 359 g/mol. The van der Waals surface area contributed by atoms with Crippen LogP contribution in [0.25, 0.3) is 0 Å². The molecule has 0 aromatic heterocycles. The molecule has 6 nitrogen and oxygen atoms in total. The van der Waals surface area contributed by atoms with Gasteiger partial charge in [0.2, 0.25) is 11.8 Å². The van der Waals surface area contributed by atoms with Gasteiger partial charge in [0.05, 0.1) is 13.1 Å². The maximum atomic E-state index is 13.2. The molecule has 2 aliphatic rings. The van der Waals surface area contributed by atoms with Crippen LogP contribution in [0.15, 0.2) is 24.3 Å². The summed E-state index contributed by atoms with van der Waals surface area (Å²) < 4.78 is 13.2. The smallest absolute Gasteiger partial charge is 0.238 e. The number of nitrogens with one attached hydrogen (secondary N) is 1. The molecule has 1 N–H and O–H groups in total. The molecule has 0 spiro atoms. The van der Waals surface area contributed by atoms with Crippen LogP contribution in [-0.4, -0.2) is 78.9 Å². The number of anilines is 1. The second-order valence-electron chi connectivity index (χ2n) is 8.36. The maximum Gasteiger partial charge on any atom is 0.238 e. The monoisotopic (exact) mass is 390 g/mol. The summed E-state index contributed by atoms with van der Waals surface area (Å²) in [5, 5.41) is 2.72. The molecule has 7 heteroatoms. The Hall–Kier alpha value is -1.99. The Morgan fingerprint density at radius 2 is 1.71 bits per heavy atom. The number of benzene rings is 1. The van der Waals surface area contributed by atoms with E-state index in [-0.39, 0.29) is 24.2 Å². The quantitative estimate of drug-likeness (QED) is 0.834. The van der Waals surface area contributed by atoms with Crippen molar-refractivity contribution in [3.05, 3.63) is 30.1 Å². The molecule has 1 aromatic rings. The first-order chi connectivity index (χ1) is 13.4. The molecule has 3 rings (SSSR count). The van der Waals surface area contributed by atoms with Gasteiger partial charge in [0, 0.05) is 45.0 Å². The van der Waals surface area contributed by atoms with Crippen LogP contribution >= 0.6 is 0 Å². The van der Waals surface area contributed by atoms with Crippen molar-refractivity contribution in [3.8, 4) is 0 Å². The largest absolute Gasteiger partial charge is 0.339 e. The predicted octanol–water partition coefficient (Wildman–Crippen LogP) is 1.89. The van der Waals surface area contributed by atoms with E-state index in [4.69, 9.17) is 0 Å². The van der Waals surface area contributed by atoms with E-state index in [1.165, 1.54) is 18.6 Å². The minimum Gasteiger partial charge on any atom is -0.339 e. The Labute approximate surface area is 166 Å². The van der Waals surface area contributed by atoms with E-state index < -0.39 is 0 Å². The highest BCUT2D eigenvalue weighted by molar-refractivity contribution is 5.92. The SMILES string of the molecule is C[C@@H]1C[C@H](C)CN(CC(=O)N2CCN(CC(=O)Nc3cccc(F)c3)CC2)C1. The average Bonchev–Trinajstić information content (AvgIpc) is 2.61. The van der Waals surface area contributed by atoms with Gasteiger partial charge in [-0.3, -0.25) is 19.4 Å². The number of piperazine rings is 1. The van der Waals surface area contributed by atoms with Crippen molar-refractivity contribution in [2.45, 2.75) is 20.3 Å². The van der Waals surface area contributed by atoms with Crippen molar-refractivity contribution in [2.75, 3.05) is 57.7 Å². The number of nitrogens with zero attached hydrogens (tertiary/aromatic N) is 3. The number of amides is 2. The van der Waals surface area contributed by atoms with Crippen molar-refractivity contribution in [1.82, 2.24) is 14.7 Å². The third kappa shape index (κ3) is 6.01. The number of hydrogen-bond acceptors (Lipinski definition) is 4. The lowest BCUT2D eigenvalue weighted by Crippen LogP contribution is -2.53. The molecule has 0 aliphatic carbocycles. The second kappa shape index (κ2) is 9.47. The Morgan fingerprint density at radius 1 is 1.04 bits per heavy atom. The molecule has 28 heavy (non-hydrogen) atoms. The Kier molecular flexibility index (Phi) is 7.02. The van der Waals surface area contributed by atoms with Crippen molar-refractivity contribution in [2.24, 2.45) is 11.8 Å². The minimum absolute atomic E-state index is 0.165. The van der Waals surface area contributed by atoms with E-state index in [0.717, 1.165) is 13.1 Å². The number of carbonyl (C=O) groups excluding carboxylic acids is 2. The van der Waals surface area contributed by atoms with E-state index >= 15 is 0 Å². The van der Waals surface area contributed by atoms with Crippen LogP contribution in [0.4, 0.5) is 10.1 Å². The first-order valence-corrected chi connectivity index (χ1v) is 10.2. The molecule has 2 saturated heterocycles. The minimum atomic E-state index is -0.373. The fraction of sp³-hybridized carbons (Fsp3) is 0.619. The number of likely N-dealkylation sites (tertiary alicyclic amines) is 1. The zero-order valence-corrected chi connectivity index (χ0v) is 16.9. The zero-order valence-electron chi connectivity index (χ0n) is 16.9. The van der Waals surface area contributed by atoms with Crippen LogP contribution in [0.2, 0.25) is 0 Å². The zero-order chi connectivity index (χ0) is 20.1. The number of piperidine rings is 1. The lowest BCUT2D eigenvalue weighted by Gasteiger charge is -2.38. The van der Waals surface area contributed by atoms with Crippen LogP contribution < -0.4 is 5.32 Å². The molecule has 2 aliphatic heterocycles. The van der Waals surface area contributed by atoms with Gasteiger partial charge in [0.1, 0.15) is 5.82 Å². The number of hydrogen-bond donors (Lipinski definition) is 1. The Morgan fingerprint density at radius 3 is 2.36 bits per heavy atom. The first kappa shape index (κ1) is 20.7.